The minimum Gasteiger partial charge on any atom is -0.454 e. The van der Waals surface area contributed by atoms with E-state index in [1.54, 1.807) is 36.4 Å². The average molecular weight is 598 g/mol. The fourth-order valence-corrected chi connectivity index (χ4v) is 4.44. The van der Waals surface area contributed by atoms with Gasteiger partial charge in [-0.2, -0.15) is 0 Å². The van der Waals surface area contributed by atoms with Crippen molar-refractivity contribution in [3.05, 3.63) is 129 Å². The molecular formula is C29H21F2IO4. The predicted octanol–water partition coefficient (Wildman–Crippen LogP) is 6.71. The van der Waals surface area contributed by atoms with Gasteiger partial charge in [0.25, 0.3) is 0 Å². The molecule has 0 radical (unpaired) electrons. The van der Waals surface area contributed by atoms with E-state index in [1.165, 1.54) is 24.3 Å². The van der Waals surface area contributed by atoms with Crippen molar-refractivity contribution in [2.45, 2.75) is 11.9 Å². The molecule has 4 nitrogen and oxygen atoms in total. The van der Waals surface area contributed by atoms with Gasteiger partial charge in [0.05, 0.1) is 18.8 Å². The third kappa shape index (κ3) is 5.18. The van der Waals surface area contributed by atoms with Gasteiger partial charge in [-0.3, -0.25) is 0 Å². The number of rotatable bonds is 5. The fraction of sp³-hybridized carbons (Fsp3) is 0.138. The number of hydrogen-bond acceptors (Lipinski definition) is 4. The van der Waals surface area contributed by atoms with Crippen LogP contribution in [0.3, 0.4) is 0 Å². The molecule has 0 unspecified atom stereocenters. The van der Waals surface area contributed by atoms with Crippen molar-refractivity contribution >= 4 is 28.6 Å². The number of hydrogen-bond donors (Lipinski definition) is 0. The SMILES string of the molecule is O=C(OC1COC(c2ccc(F)cc2)(c2ccc(F)cc2)OC1)c1ccc(-c2ccc(I)cc2)cc1. The van der Waals surface area contributed by atoms with Crippen LogP contribution < -0.4 is 0 Å². The summed E-state index contributed by atoms with van der Waals surface area (Å²) in [6.07, 6.45) is -0.651. The maximum atomic E-state index is 13.5. The maximum Gasteiger partial charge on any atom is 0.338 e. The van der Waals surface area contributed by atoms with Crippen LogP contribution in [0.2, 0.25) is 0 Å². The molecule has 0 N–H and O–H groups in total. The molecule has 0 saturated carbocycles. The zero-order valence-corrected chi connectivity index (χ0v) is 21.2. The van der Waals surface area contributed by atoms with Gasteiger partial charge in [0, 0.05) is 14.7 Å². The van der Waals surface area contributed by atoms with Gasteiger partial charge in [-0.15, -0.1) is 0 Å². The van der Waals surface area contributed by atoms with Crippen LogP contribution >= 0.6 is 22.6 Å². The highest BCUT2D eigenvalue weighted by Crippen LogP contribution is 2.38. The number of carbonyl (C=O) groups is 1. The van der Waals surface area contributed by atoms with Crippen LogP contribution in [0, 0.1) is 15.2 Å². The minimum atomic E-state index is -1.38. The van der Waals surface area contributed by atoms with E-state index in [9.17, 15) is 13.6 Å². The van der Waals surface area contributed by atoms with Crippen LogP contribution in [-0.4, -0.2) is 25.3 Å². The molecule has 0 atom stereocenters. The summed E-state index contributed by atoms with van der Waals surface area (Å²) in [6.45, 7) is 0.0858. The van der Waals surface area contributed by atoms with Crippen molar-refractivity contribution in [2.75, 3.05) is 13.2 Å². The second-order valence-electron chi connectivity index (χ2n) is 8.36. The lowest BCUT2D eigenvalue weighted by molar-refractivity contribution is -0.277. The molecule has 4 aromatic rings. The summed E-state index contributed by atoms with van der Waals surface area (Å²) in [5.41, 5.74) is 3.56. The number of ether oxygens (including phenoxy) is 3. The molecule has 182 valence electrons. The Bertz CT molecular complexity index is 1280. The van der Waals surface area contributed by atoms with Gasteiger partial charge < -0.3 is 14.2 Å². The molecule has 1 aliphatic heterocycles. The van der Waals surface area contributed by atoms with E-state index >= 15 is 0 Å². The fourth-order valence-electron chi connectivity index (χ4n) is 4.08. The van der Waals surface area contributed by atoms with Crippen molar-refractivity contribution in [1.82, 2.24) is 0 Å². The van der Waals surface area contributed by atoms with Crippen LogP contribution in [0.5, 0.6) is 0 Å². The first kappa shape index (κ1) is 24.5. The van der Waals surface area contributed by atoms with E-state index in [2.05, 4.69) is 22.6 Å². The molecule has 0 amide bonds. The third-order valence-corrected chi connectivity index (χ3v) is 6.68. The number of esters is 1. The molecule has 5 rings (SSSR count). The van der Waals surface area contributed by atoms with Crippen molar-refractivity contribution in [2.24, 2.45) is 0 Å². The first-order chi connectivity index (χ1) is 17.4. The lowest BCUT2D eigenvalue weighted by Crippen LogP contribution is -2.46. The van der Waals surface area contributed by atoms with Gasteiger partial charge in [-0.1, -0.05) is 48.5 Å². The molecule has 0 aliphatic carbocycles. The standard InChI is InChI=1S/C29H21F2IO4/c30-24-11-7-22(8-12-24)29(23-9-13-25(31)14-10-23)34-17-27(18-35-29)36-28(33)21-3-1-19(2-4-21)20-5-15-26(32)16-6-20/h1-16,27H,17-18H2. The van der Waals surface area contributed by atoms with Gasteiger partial charge in [0.1, 0.15) is 17.7 Å². The molecule has 1 heterocycles. The monoisotopic (exact) mass is 598 g/mol. The lowest BCUT2D eigenvalue weighted by atomic mass is 9.96. The second-order valence-corrected chi connectivity index (χ2v) is 9.61. The Labute approximate surface area is 221 Å². The Hall–Kier alpha value is -3.14. The highest BCUT2D eigenvalue weighted by molar-refractivity contribution is 14.1. The zero-order valence-electron chi connectivity index (χ0n) is 19.0. The first-order valence-electron chi connectivity index (χ1n) is 11.3. The first-order valence-corrected chi connectivity index (χ1v) is 12.4. The van der Waals surface area contributed by atoms with Gasteiger partial charge >= 0.3 is 5.97 Å². The molecule has 36 heavy (non-hydrogen) atoms. The van der Waals surface area contributed by atoms with Crippen LogP contribution in [0.1, 0.15) is 21.5 Å². The van der Waals surface area contributed by atoms with E-state index < -0.39 is 29.5 Å². The van der Waals surface area contributed by atoms with Crippen molar-refractivity contribution in [3.8, 4) is 11.1 Å². The van der Waals surface area contributed by atoms with E-state index in [-0.39, 0.29) is 13.2 Å². The highest BCUT2D eigenvalue weighted by Gasteiger charge is 2.42. The topological polar surface area (TPSA) is 44.8 Å². The van der Waals surface area contributed by atoms with Gasteiger partial charge in [-0.05, 0) is 82.2 Å². The summed E-state index contributed by atoms with van der Waals surface area (Å²) < 4.78 is 46.1. The third-order valence-electron chi connectivity index (χ3n) is 5.97. The smallest absolute Gasteiger partial charge is 0.338 e. The van der Waals surface area contributed by atoms with Crippen LogP contribution in [-0.2, 0) is 20.0 Å². The summed E-state index contributed by atoms with van der Waals surface area (Å²) in [6, 6.07) is 26.8. The second kappa shape index (κ2) is 10.5. The molecule has 1 fully saturated rings. The van der Waals surface area contributed by atoms with E-state index in [1.807, 2.05) is 36.4 Å². The number of halogens is 3. The van der Waals surface area contributed by atoms with Crippen molar-refractivity contribution in [3.63, 3.8) is 0 Å². The average Bonchev–Trinajstić information content (AvgIpc) is 2.91. The van der Waals surface area contributed by atoms with Gasteiger partial charge in [-0.25, -0.2) is 13.6 Å². The summed E-state index contributed by atoms with van der Waals surface area (Å²) in [5.74, 6) is -2.66. The molecular weight excluding hydrogens is 577 g/mol. The zero-order chi connectivity index (χ0) is 25.1. The Morgan fingerprint density at radius 3 is 1.64 bits per heavy atom. The molecule has 7 heteroatoms. The molecule has 0 bridgehead atoms. The Kier molecular flexibility index (Phi) is 7.13. The summed E-state index contributed by atoms with van der Waals surface area (Å²) in [5, 5.41) is 0. The molecule has 1 saturated heterocycles. The molecule has 4 aromatic carbocycles. The quantitative estimate of drug-likeness (QED) is 0.189. The van der Waals surface area contributed by atoms with E-state index in [4.69, 9.17) is 14.2 Å². The molecule has 0 spiro atoms. The molecule has 1 aliphatic rings. The van der Waals surface area contributed by atoms with Crippen molar-refractivity contribution in [1.29, 1.82) is 0 Å². The summed E-state index contributed by atoms with van der Waals surface area (Å²) in [4.78, 5) is 12.8. The minimum absolute atomic E-state index is 0.0429. The van der Waals surface area contributed by atoms with Gasteiger partial charge in [0.2, 0.25) is 5.79 Å². The Balaban J connectivity index is 1.29. The highest BCUT2D eigenvalue weighted by atomic mass is 127. The lowest BCUT2D eigenvalue weighted by Gasteiger charge is -2.40. The van der Waals surface area contributed by atoms with Crippen LogP contribution in [0.4, 0.5) is 8.78 Å². The van der Waals surface area contributed by atoms with Crippen LogP contribution in [0.15, 0.2) is 97.1 Å². The molecule has 0 aromatic heterocycles. The summed E-state index contributed by atoms with van der Waals surface area (Å²) >= 11 is 2.26. The van der Waals surface area contributed by atoms with Crippen molar-refractivity contribution < 1.29 is 27.8 Å². The Morgan fingerprint density at radius 1 is 0.722 bits per heavy atom. The van der Waals surface area contributed by atoms with Gasteiger partial charge in [0.15, 0.2) is 0 Å². The predicted molar refractivity (Wildman–Crippen MR) is 139 cm³/mol. The number of carbonyl (C=O) groups excluding carboxylic acids is 1. The number of benzene rings is 4. The van der Waals surface area contributed by atoms with E-state index in [0.29, 0.717) is 16.7 Å². The van der Waals surface area contributed by atoms with E-state index in [0.717, 1.165) is 14.7 Å². The normalized spacial score (nSPS) is 15.4. The summed E-state index contributed by atoms with van der Waals surface area (Å²) in [7, 11) is 0. The Morgan fingerprint density at radius 2 is 1.17 bits per heavy atom. The largest absolute Gasteiger partial charge is 0.454 e. The van der Waals surface area contributed by atoms with Crippen LogP contribution in [0.25, 0.3) is 11.1 Å². The maximum absolute atomic E-state index is 13.5.